The van der Waals surface area contributed by atoms with Gasteiger partial charge in [-0.2, -0.15) is 0 Å². The molecule has 0 saturated heterocycles. The number of amides is 1. The number of hydrogen-bond acceptors (Lipinski definition) is 6. The van der Waals surface area contributed by atoms with E-state index >= 15 is 0 Å². The average molecular weight is 383 g/mol. The van der Waals surface area contributed by atoms with Crippen LogP contribution in [-0.2, 0) is 11.2 Å². The maximum Gasteiger partial charge on any atom is 0.231 e. The van der Waals surface area contributed by atoms with Crippen LogP contribution in [0.1, 0.15) is 30.5 Å². The number of carbonyl (C=O) groups is 1. The molecule has 1 atom stereocenters. The molecule has 7 nitrogen and oxygen atoms in total. The minimum Gasteiger partial charge on any atom is -0.493 e. The molecular weight excluding hydrogens is 362 g/mol. The summed E-state index contributed by atoms with van der Waals surface area (Å²) in [5, 5.41) is 2.96. The van der Waals surface area contributed by atoms with Gasteiger partial charge in [0.2, 0.25) is 23.9 Å². The minimum atomic E-state index is -0.314. The van der Waals surface area contributed by atoms with Crippen LogP contribution in [0.2, 0.25) is 0 Å². The highest BCUT2D eigenvalue weighted by molar-refractivity contribution is 5.83. The van der Waals surface area contributed by atoms with E-state index in [2.05, 4.69) is 5.32 Å². The van der Waals surface area contributed by atoms with Gasteiger partial charge in [-0.25, -0.2) is 0 Å². The molecule has 1 amide bonds. The van der Waals surface area contributed by atoms with Crippen LogP contribution in [0.3, 0.4) is 0 Å². The Kier molecular flexibility index (Phi) is 4.58. The maximum atomic E-state index is 12.6. The molecule has 2 aromatic carbocycles. The number of methoxy groups -OCH3 is 2. The summed E-state index contributed by atoms with van der Waals surface area (Å²) < 4.78 is 22.1. The number of nitrogens with one attached hydrogen (secondary N) is 1. The Morgan fingerprint density at radius 3 is 2.71 bits per heavy atom. The van der Waals surface area contributed by atoms with Crippen LogP contribution in [0.15, 0.2) is 29.1 Å². The van der Waals surface area contributed by atoms with Crippen LogP contribution >= 0.6 is 0 Å². The molecule has 4 rings (SSSR count). The summed E-state index contributed by atoms with van der Waals surface area (Å²) in [5.74, 6) is 1.82. The largest absolute Gasteiger partial charge is 0.493 e. The molecule has 28 heavy (non-hydrogen) atoms. The normalized spacial score (nSPS) is 16.5. The van der Waals surface area contributed by atoms with Gasteiger partial charge in [0.1, 0.15) is 0 Å². The molecule has 0 bridgehead atoms. The number of rotatable bonds is 3. The van der Waals surface area contributed by atoms with Gasteiger partial charge in [0.05, 0.1) is 20.3 Å². The van der Waals surface area contributed by atoms with Gasteiger partial charge >= 0.3 is 0 Å². The van der Waals surface area contributed by atoms with Gasteiger partial charge in [-0.05, 0) is 47.7 Å². The number of benzene rings is 1. The maximum absolute atomic E-state index is 12.6. The lowest BCUT2D eigenvalue weighted by Crippen LogP contribution is -2.26. The van der Waals surface area contributed by atoms with Gasteiger partial charge in [0.15, 0.2) is 17.2 Å². The highest BCUT2D eigenvalue weighted by Gasteiger charge is 2.31. The van der Waals surface area contributed by atoms with E-state index in [1.165, 1.54) is 20.1 Å². The zero-order chi connectivity index (χ0) is 19.8. The van der Waals surface area contributed by atoms with Gasteiger partial charge in [0.25, 0.3) is 0 Å². The van der Waals surface area contributed by atoms with E-state index in [1.807, 2.05) is 12.1 Å². The van der Waals surface area contributed by atoms with E-state index in [0.29, 0.717) is 30.1 Å². The highest BCUT2D eigenvalue weighted by Crippen LogP contribution is 2.51. The van der Waals surface area contributed by atoms with Crippen molar-refractivity contribution in [3.8, 4) is 34.1 Å². The first-order chi connectivity index (χ1) is 13.5. The van der Waals surface area contributed by atoms with Gasteiger partial charge in [-0.15, -0.1) is 0 Å². The Labute approximate surface area is 162 Å². The second-order valence-corrected chi connectivity index (χ2v) is 6.75. The Balaban J connectivity index is 2.05. The van der Waals surface area contributed by atoms with E-state index in [-0.39, 0.29) is 29.9 Å². The predicted molar refractivity (Wildman–Crippen MR) is 102 cm³/mol. The fourth-order valence-corrected chi connectivity index (χ4v) is 3.91. The third-order valence-electron chi connectivity index (χ3n) is 5.09. The van der Waals surface area contributed by atoms with Crippen LogP contribution in [0, 0.1) is 0 Å². The number of fused-ring (bicyclic) bond motifs is 4. The molecule has 0 spiro atoms. The van der Waals surface area contributed by atoms with Gasteiger partial charge in [0, 0.05) is 12.5 Å². The van der Waals surface area contributed by atoms with Gasteiger partial charge in [-0.1, -0.05) is 6.07 Å². The first-order valence-electron chi connectivity index (χ1n) is 9.02. The summed E-state index contributed by atoms with van der Waals surface area (Å²) in [6.45, 7) is 1.60. The first kappa shape index (κ1) is 18.2. The van der Waals surface area contributed by atoms with Crippen molar-refractivity contribution in [2.75, 3.05) is 21.0 Å². The monoisotopic (exact) mass is 383 g/mol. The van der Waals surface area contributed by atoms with Crippen molar-refractivity contribution in [3.63, 3.8) is 0 Å². The summed E-state index contributed by atoms with van der Waals surface area (Å²) in [4.78, 5) is 24.4. The average Bonchev–Trinajstić information content (AvgIpc) is 3.01. The molecule has 1 aliphatic carbocycles. The smallest absolute Gasteiger partial charge is 0.231 e. The zero-order valence-corrected chi connectivity index (χ0v) is 16.0. The number of aryl methyl sites for hydroxylation is 1. The molecule has 0 aromatic heterocycles. The fraction of sp³-hybridized carbons (Fsp3) is 0.333. The summed E-state index contributed by atoms with van der Waals surface area (Å²) in [6, 6.07) is 6.65. The lowest BCUT2D eigenvalue weighted by Gasteiger charge is -2.18. The Bertz CT molecular complexity index is 1020. The highest BCUT2D eigenvalue weighted by atomic mass is 16.7. The number of hydrogen-bond donors (Lipinski definition) is 1. The van der Waals surface area contributed by atoms with E-state index in [9.17, 15) is 9.59 Å². The quantitative estimate of drug-likeness (QED) is 0.877. The van der Waals surface area contributed by atoms with Crippen molar-refractivity contribution in [1.29, 1.82) is 0 Å². The van der Waals surface area contributed by atoms with E-state index in [0.717, 1.165) is 22.3 Å². The second-order valence-electron chi connectivity index (χ2n) is 6.75. The molecule has 7 heteroatoms. The van der Waals surface area contributed by atoms with Crippen molar-refractivity contribution in [3.05, 3.63) is 45.6 Å². The SMILES string of the molecule is COc1c2c(cc3c1-c1ccc(OC)c(=O)cc1[C@@H](NC(C)=O)CC3)OCO2. The lowest BCUT2D eigenvalue weighted by molar-refractivity contribution is -0.119. The molecule has 0 fully saturated rings. The van der Waals surface area contributed by atoms with Crippen LogP contribution in [0.4, 0.5) is 0 Å². The van der Waals surface area contributed by atoms with Crippen molar-refractivity contribution in [2.45, 2.75) is 25.8 Å². The molecule has 2 aliphatic rings. The Morgan fingerprint density at radius 2 is 2.00 bits per heavy atom. The summed E-state index contributed by atoms with van der Waals surface area (Å²) in [6.07, 6.45) is 1.31. The minimum absolute atomic E-state index is 0.136. The fourth-order valence-electron chi connectivity index (χ4n) is 3.91. The third kappa shape index (κ3) is 2.93. The van der Waals surface area contributed by atoms with Crippen molar-refractivity contribution < 1.29 is 23.7 Å². The predicted octanol–water partition coefficient (Wildman–Crippen LogP) is 2.58. The molecule has 0 unspecified atom stereocenters. The first-order valence-corrected chi connectivity index (χ1v) is 9.02. The topological polar surface area (TPSA) is 83.1 Å². The molecule has 1 N–H and O–H groups in total. The van der Waals surface area contributed by atoms with Gasteiger partial charge < -0.3 is 24.3 Å². The summed E-state index contributed by atoms with van der Waals surface area (Å²) >= 11 is 0. The summed E-state index contributed by atoms with van der Waals surface area (Å²) in [7, 11) is 3.04. The Hall–Kier alpha value is -3.22. The molecule has 0 saturated carbocycles. The summed E-state index contributed by atoms with van der Waals surface area (Å²) in [5.41, 5.74) is 3.11. The van der Waals surface area contributed by atoms with Crippen LogP contribution < -0.4 is 29.7 Å². The van der Waals surface area contributed by atoms with Crippen LogP contribution in [-0.4, -0.2) is 26.9 Å². The third-order valence-corrected chi connectivity index (χ3v) is 5.09. The second kappa shape index (κ2) is 7.07. The van der Waals surface area contributed by atoms with Crippen LogP contribution in [0.25, 0.3) is 11.1 Å². The van der Waals surface area contributed by atoms with E-state index in [4.69, 9.17) is 18.9 Å². The molecule has 146 valence electrons. The molecule has 2 aromatic rings. The van der Waals surface area contributed by atoms with Crippen molar-refractivity contribution in [2.24, 2.45) is 0 Å². The molecule has 1 heterocycles. The van der Waals surface area contributed by atoms with Crippen molar-refractivity contribution >= 4 is 5.91 Å². The Morgan fingerprint density at radius 1 is 1.18 bits per heavy atom. The number of ether oxygens (including phenoxy) is 4. The van der Waals surface area contributed by atoms with Crippen LogP contribution in [0.5, 0.6) is 23.0 Å². The lowest BCUT2D eigenvalue weighted by atomic mass is 9.95. The van der Waals surface area contributed by atoms with E-state index < -0.39 is 0 Å². The molecule has 1 aliphatic heterocycles. The van der Waals surface area contributed by atoms with E-state index in [1.54, 1.807) is 13.2 Å². The molecule has 0 radical (unpaired) electrons. The molecular formula is C21H21NO6. The van der Waals surface area contributed by atoms with Crippen molar-refractivity contribution in [1.82, 2.24) is 5.32 Å². The van der Waals surface area contributed by atoms with Gasteiger partial charge in [-0.3, -0.25) is 9.59 Å². The zero-order valence-electron chi connectivity index (χ0n) is 16.0. The number of carbonyl (C=O) groups excluding carboxylic acids is 1. The standard InChI is InChI=1S/C21H21NO6/c1-11(23)22-15-6-4-12-8-18-20(28-10-27-18)21(26-3)19(12)13-5-7-17(25-2)16(24)9-14(13)15/h5,7-9,15H,4,6,10H2,1-3H3,(H,22,23)/t15-/m0/s1.